The molecule has 1 aromatic rings. The van der Waals surface area contributed by atoms with E-state index in [4.69, 9.17) is 20.9 Å². The van der Waals surface area contributed by atoms with Gasteiger partial charge in [-0.25, -0.2) is 9.59 Å². The molecule has 0 radical (unpaired) electrons. The van der Waals surface area contributed by atoms with Crippen LogP contribution in [0.5, 0.6) is 0 Å². The number of hydrogen-bond donors (Lipinski definition) is 3. The van der Waals surface area contributed by atoms with Crippen LogP contribution in [-0.2, 0) is 14.3 Å². The number of ether oxygens (including phenoxy) is 2. The SMILES string of the molecule is NC(=O)N1N=C(C(=O)O)CC2=CC3=C(CC2=C1c1ccc(N)cc1)OCO3. The molecule has 0 fully saturated rings. The molecule has 4 rings (SSSR count). The van der Waals surface area contributed by atoms with Gasteiger partial charge >= 0.3 is 12.0 Å². The van der Waals surface area contributed by atoms with Crippen molar-refractivity contribution < 1.29 is 24.2 Å². The monoisotopic (exact) mass is 368 g/mol. The molecular formula is C18H16N4O5. The molecule has 2 amide bonds. The highest BCUT2D eigenvalue weighted by atomic mass is 16.7. The average Bonchev–Trinajstić information content (AvgIpc) is 3.00. The number of urea groups is 1. The summed E-state index contributed by atoms with van der Waals surface area (Å²) in [5.74, 6) is -0.0593. The molecule has 0 bridgehead atoms. The Morgan fingerprint density at radius 2 is 1.89 bits per heavy atom. The van der Waals surface area contributed by atoms with Crippen LogP contribution >= 0.6 is 0 Å². The molecule has 0 atom stereocenters. The number of fused-ring (bicyclic) bond motifs is 1. The zero-order valence-electron chi connectivity index (χ0n) is 14.1. The Bertz CT molecular complexity index is 972. The van der Waals surface area contributed by atoms with Crippen molar-refractivity contribution in [3.8, 4) is 0 Å². The van der Waals surface area contributed by atoms with E-state index in [2.05, 4.69) is 5.10 Å². The van der Waals surface area contributed by atoms with Crippen LogP contribution < -0.4 is 11.5 Å². The molecule has 0 saturated carbocycles. The third-order valence-electron chi connectivity index (χ3n) is 4.47. The van der Waals surface area contributed by atoms with Crippen LogP contribution in [0.1, 0.15) is 18.4 Å². The number of nitrogens with zero attached hydrogens (tertiary/aromatic N) is 2. The number of carbonyl (C=O) groups excluding carboxylic acids is 1. The molecule has 2 aliphatic heterocycles. The van der Waals surface area contributed by atoms with Gasteiger partial charge in [-0.15, -0.1) is 0 Å². The van der Waals surface area contributed by atoms with Gasteiger partial charge in [-0.05, 0) is 29.4 Å². The van der Waals surface area contributed by atoms with Crippen molar-refractivity contribution in [2.75, 3.05) is 12.5 Å². The highest BCUT2D eigenvalue weighted by Crippen LogP contribution is 2.41. The van der Waals surface area contributed by atoms with Gasteiger partial charge in [-0.2, -0.15) is 10.1 Å². The fourth-order valence-corrected chi connectivity index (χ4v) is 3.22. The van der Waals surface area contributed by atoms with Gasteiger partial charge in [0.05, 0.1) is 5.70 Å². The first-order chi connectivity index (χ1) is 12.9. The summed E-state index contributed by atoms with van der Waals surface area (Å²) in [6.07, 6.45) is 2.07. The predicted octanol–water partition coefficient (Wildman–Crippen LogP) is 1.75. The minimum absolute atomic E-state index is 0.0209. The van der Waals surface area contributed by atoms with Crippen molar-refractivity contribution in [1.29, 1.82) is 0 Å². The minimum atomic E-state index is -1.23. The molecule has 0 aromatic heterocycles. The third kappa shape index (κ3) is 2.88. The maximum Gasteiger partial charge on any atom is 0.352 e. The van der Waals surface area contributed by atoms with Crippen molar-refractivity contribution in [1.82, 2.24) is 5.01 Å². The zero-order chi connectivity index (χ0) is 19.1. The fourth-order valence-electron chi connectivity index (χ4n) is 3.22. The van der Waals surface area contributed by atoms with E-state index in [1.54, 1.807) is 30.3 Å². The number of allylic oxidation sites excluding steroid dienone is 3. The number of aliphatic carboxylic acids is 1. The lowest BCUT2D eigenvalue weighted by molar-refractivity contribution is -0.129. The second kappa shape index (κ2) is 6.20. The molecule has 3 aliphatic rings. The number of primary amides is 1. The molecular weight excluding hydrogens is 352 g/mol. The molecule has 0 unspecified atom stereocenters. The van der Waals surface area contributed by atoms with Gasteiger partial charge in [-0.1, -0.05) is 12.1 Å². The van der Waals surface area contributed by atoms with E-state index in [0.29, 0.717) is 46.0 Å². The van der Waals surface area contributed by atoms with E-state index in [-0.39, 0.29) is 18.9 Å². The number of nitrogens with two attached hydrogens (primary N) is 2. The quantitative estimate of drug-likeness (QED) is 0.679. The number of hydrazone groups is 1. The first kappa shape index (κ1) is 16.7. The summed E-state index contributed by atoms with van der Waals surface area (Å²) < 4.78 is 10.9. The molecule has 2 heterocycles. The van der Waals surface area contributed by atoms with Crippen LogP contribution in [0.15, 0.2) is 58.1 Å². The van der Waals surface area contributed by atoms with Gasteiger partial charge in [0.2, 0.25) is 6.79 Å². The first-order valence-electron chi connectivity index (χ1n) is 8.13. The van der Waals surface area contributed by atoms with Gasteiger partial charge in [0.15, 0.2) is 11.5 Å². The summed E-state index contributed by atoms with van der Waals surface area (Å²) in [5, 5.41) is 14.4. The van der Waals surface area contributed by atoms with Gasteiger partial charge in [0, 0.05) is 24.1 Å². The second-order valence-electron chi connectivity index (χ2n) is 6.17. The fraction of sp³-hybridized carbons (Fsp3) is 0.167. The Labute approximate surface area is 153 Å². The number of carbonyl (C=O) groups is 2. The van der Waals surface area contributed by atoms with E-state index in [1.807, 2.05) is 0 Å². The normalized spacial score (nSPS) is 18.6. The topological polar surface area (TPSA) is 140 Å². The number of amides is 2. The third-order valence-corrected chi connectivity index (χ3v) is 4.47. The first-order valence-corrected chi connectivity index (χ1v) is 8.13. The Morgan fingerprint density at radius 1 is 1.15 bits per heavy atom. The van der Waals surface area contributed by atoms with Gasteiger partial charge in [0.25, 0.3) is 0 Å². The maximum absolute atomic E-state index is 12.1. The largest absolute Gasteiger partial charge is 0.477 e. The Morgan fingerprint density at radius 3 is 2.56 bits per heavy atom. The minimum Gasteiger partial charge on any atom is -0.477 e. The summed E-state index contributed by atoms with van der Waals surface area (Å²) in [7, 11) is 0. The van der Waals surface area contributed by atoms with Crippen molar-refractivity contribution in [2.45, 2.75) is 12.8 Å². The van der Waals surface area contributed by atoms with Crippen LogP contribution in [0.3, 0.4) is 0 Å². The van der Waals surface area contributed by atoms with Crippen LogP contribution in [0.4, 0.5) is 10.5 Å². The summed E-state index contributed by atoms with van der Waals surface area (Å²) in [5.41, 5.74) is 14.0. The summed E-state index contributed by atoms with van der Waals surface area (Å²) in [6.45, 7) is 0.0956. The standard InChI is InChI=1S/C18H16N4O5/c19-11-3-1-9(2-4-11)16-12-7-15-14(26-8-27-15)6-10(12)5-13(17(23)24)21-22(16)18(20)25/h1-4,6H,5,7-8,19H2,(H2,20,25)(H,23,24). The number of rotatable bonds is 2. The van der Waals surface area contributed by atoms with Gasteiger partial charge < -0.3 is 26.0 Å². The summed E-state index contributed by atoms with van der Waals surface area (Å²) >= 11 is 0. The van der Waals surface area contributed by atoms with E-state index in [0.717, 1.165) is 5.01 Å². The molecule has 0 saturated heterocycles. The Hall–Kier alpha value is -3.75. The molecule has 9 heteroatoms. The highest BCUT2D eigenvalue weighted by Gasteiger charge is 2.34. The number of anilines is 1. The number of nitrogen functional groups attached to an aromatic ring is 1. The number of benzene rings is 1. The average molecular weight is 368 g/mol. The van der Waals surface area contributed by atoms with E-state index >= 15 is 0 Å². The van der Waals surface area contributed by atoms with Crippen LogP contribution in [0.2, 0.25) is 0 Å². The predicted molar refractivity (Wildman–Crippen MR) is 95.6 cm³/mol. The summed E-state index contributed by atoms with van der Waals surface area (Å²) in [4.78, 5) is 23.8. The van der Waals surface area contributed by atoms with Gasteiger partial charge in [0.1, 0.15) is 5.76 Å². The molecule has 1 aromatic carbocycles. The lowest BCUT2D eigenvalue weighted by Gasteiger charge is -2.23. The van der Waals surface area contributed by atoms with Gasteiger partial charge in [-0.3, -0.25) is 0 Å². The summed E-state index contributed by atoms with van der Waals surface area (Å²) in [6, 6.07) is 5.92. The van der Waals surface area contributed by atoms with Crippen LogP contribution in [0, 0.1) is 0 Å². The molecule has 1 aliphatic carbocycles. The Balaban J connectivity index is 1.96. The lowest BCUT2D eigenvalue weighted by Crippen LogP contribution is -2.32. The number of carboxylic acid groups (broad SMARTS) is 1. The van der Waals surface area contributed by atoms with E-state index < -0.39 is 12.0 Å². The van der Waals surface area contributed by atoms with Crippen molar-refractivity contribution >= 4 is 29.1 Å². The van der Waals surface area contributed by atoms with Crippen LogP contribution in [-0.4, -0.2) is 34.6 Å². The zero-order valence-corrected chi connectivity index (χ0v) is 14.1. The van der Waals surface area contributed by atoms with Crippen LogP contribution in [0.25, 0.3) is 5.70 Å². The Kier molecular flexibility index (Phi) is 3.84. The maximum atomic E-state index is 12.1. The van der Waals surface area contributed by atoms with Crippen molar-refractivity contribution in [3.63, 3.8) is 0 Å². The lowest BCUT2D eigenvalue weighted by atomic mass is 9.89. The molecule has 9 nitrogen and oxygen atoms in total. The second-order valence-corrected chi connectivity index (χ2v) is 6.17. The highest BCUT2D eigenvalue weighted by molar-refractivity contribution is 6.36. The van der Waals surface area contributed by atoms with Crippen molar-refractivity contribution in [3.05, 3.63) is 58.6 Å². The molecule has 27 heavy (non-hydrogen) atoms. The smallest absolute Gasteiger partial charge is 0.352 e. The van der Waals surface area contributed by atoms with E-state index in [1.165, 1.54) is 0 Å². The van der Waals surface area contributed by atoms with Crippen molar-refractivity contribution in [2.24, 2.45) is 10.8 Å². The molecule has 5 N–H and O–H groups in total. The van der Waals surface area contributed by atoms with E-state index in [9.17, 15) is 14.7 Å². The molecule has 138 valence electrons. The number of carboxylic acids is 1. The number of hydrogen-bond acceptors (Lipinski definition) is 6. The molecule has 0 spiro atoms.